The highest BCUT2D eigenvalue weighted by atomic mass is 16.5. The summed E-state index contributed by atoms with van der Waals surface area (Å²) in [7, 11) is 0. The second-order valence-electron chi connectivity index (χ2n) is 8.41. The molecule has 2 aromatic heterocycles. The van der Waals surface area contributed by atoms with Crippen LogP contribution in [0.25, 0.3) is 11.0 Å². The predicted molar refractivity (Wildman–Crippen MR) is 120 cm³/mol. The van der Waals surface area contributed by atoms with E-state index in [1.54, 1.807) is 0 Å². The molecule has 9 nitrogen and oxygen atoms in total. The van der Waals surface area contributed by atoms with E-state index in [4.69, 9.17) is 4.52 Å². The molecule has 0 unspecified atom stereocenters. The highest BCUT2D eigenvalue weighted by Crippen LogP contribution is 2.34. The number of imidazole rings is 1. The van der Waals surface area contributed by atoms with Gasteiger partial charge in [0.15, 0.2) is 5.82 Å². The number of benzene rings is 1. The van der Waals surface area contributed by atoms with Crippen molar-refractivity contribution in [2.24, 2.45) is 0 Å². The number of fused-ring (bicyclic) bond motifs is 1. The van der Waals surface area contributed by atoms with Crippen molar-refractivity contribution < 1.29 is 14.1 Å². The van der Waals surface area contributed by atoms with E-state index in [2.05, 4.69) is 25.8 Å². The molecule has 0 atom stereocenters. The molecular formula is C23H30N6O3. The SMILES string of the molecule is CCn1c(NC(=O)CCc2nc(C3(NC(C)=O)CCCCCC3)no2)nc2ccccc21. The highest BCUT2D eigenvalue weighted by Gasteiger charge is 2.38. The van der Waals surface area contributed by atoms with Gasteiger partial charge in [-0.15, -0.1) is 0 Å². The number of hydrogen-bond donors (Lipinski definition) is 2. The molecule has 2 heterocycles. The summed E-state index contributed by atoms with van der Waals surface area (Å²) in [6.07, 6.45) is 6.38. The van der Waals surface area contributed by atoms with Crippen molar-refractivity contribution >= 4 is 28.8 Å². The summed E-state index contributed by atoms with van der Waals surface area (Å²) in [5, 5.41) is 10.1. The average molecular weight is 439 g/mol. The van der Waals surface area contributed by atoms with Gasteiger partial charge in [-0.25, -0.2) is 4.98 Å². The van der Waals surface area contributed by atoms with Gasteiger partial charge in [0.05, 0.1) is 11.0 Å². The van der Waals surface area contributed by atoms with Crippen molar-refractivity contribution in [1.29, 1.82) is 0 Å². The molecule has 0 spiro atoms. The van der Waals surface area contributed by atoms with Gasteiger partial charge in [0.2, 0.25) is 23.7 Å². The molecule has 0 aliphatic heterocycles. The van der Waals surface area contributed by atoms with Crippen LogP contribution in [0, 0.1) is 0 Å². The number of anilines is 1. The summed E-state index contributed by atoms with van der Waals surface area (Å²) in [6.45, 7) is 4.23. The van der Waals surface area contributed by atoms with E-state index in [1.165, 1.54) is 6.92 Å². The molecule has 1 saturated carbocycles. The molecule has 2 N–H and O–H groups in total. The quantitative estimate of drug-likeness (QED) is 0.544. The van der Waals surface area contributed by atoms with Gasteiger partial charge < -0.3 is 14.4 Å². The molecule has 9 heteroatoms. The van der Waals surface area contributed by atoms with Crippen LogP contribution in [0.5, 0.6) is 0 Å². The van der Waals surface area contributed by atoms with Crippen LogP contribution in [0.3, 0.4) is 0 Å². The maximum absolute atomic E-state index is 12.6. The normalized spacial score (nSPS) is 15.9. The molecule has 2 amide bonds. The minimum Gasteiger partial charge on any atom is -0.343 e. The van der Waals surface area contributed by atoms with Gasteiger partial charge in [0.25, 0.3) is 0 Å². The van der Waals surface area contributed by atoms with E-state index < -0.39 is 5.54 Å². The Morgan fingerprint density at radius 2 is 1.88 bits per heavy atom. The third kappa shape index (κ3) is 4.66. The zero-order chi connectivity index (χ0) is 22.6. The highest BCUT2D eigenvalue weighted by molar-refractivity contribution is 5.91. The Morgan fingerprint density at radius 3 is 2.59 bits per heavy atom. The fraction of sp³-hybridized carbons (Fsp3) is 0.522. The lowest BCUT2D eigenvalue weighted by molar-refractivity contribution is -0.121. The van der Waals surface area contributed by atoms with Crippen molar-refractivity contribution in [2.75, 3.05) is 5.32 Å². The summed E-state index contributed by atoms with van der Waals surface area (Å²) in [4.78, 5) is 33.5. The number of amides is 2. The fourth-order valence-corrected chi connectivity index (χ4v) is 4.52. The molecule has 0 bridgehead atoms. The average Bonchev–Trinajstić information content (AvgIpc) is 3.31. The number of carbonyl (C=O) groups excluding carboxylic acids is 2. The smallest absolute Gasteiger partial charge is 0.227 e. The maximum atomic E-state index is 12.6. The first kappa shape index (κ1) is 22.0. The molecule has 3 aromatic rings. The molecule has 1 aliphatic rings. The first-order valence-electron chi connectivity index (χ1n) is 11.4. The Hall–Kier alpha value is -3.23. The van der Waals surface area contributed by atoms with Crippen LogP contribution in [0.4, 0.5) is 5.95 Å². The molecular weight excluding hydrogens is 408 g/mol. The molecule has 4 rings (SSSR count). The van der Waals surface area contributed by atoms with Crippen molar-refractivity contribution in [3.05, 3.63) is 36.0 Å². The lowest BCUT2D eigenvalue weighted by Gasteiger charge is -2.30. The van der Waals surface area contributed by atoms with E-state index in [9.17, 15) is 9.59 Å². The maximum Gasteiger partial charge on any atom is 0.227 e. The van der Waals surface area contributed by atoms with Crippen LogP contribution in [0.1, 0.15) is 70.5 Å². The Bertz CT molecular complexity index is 1090. The number of carbonyl (C=O) groups is 2. The Balaban J connectivity index is 1.42. The largest absolute Gasteiger partial charge is 0.343 e. The molecule has 32 heavy (non-hydrogen) atoms. The van der Waals surface area contributed by atoms with Crippen LogP contribution in [0.2, 0.25) is 0 Å². The van der Waals surface area contributed by atoms with E-state index in [0.717, 1.165) is 49.6 Å². The van der Waals surface area contributed by atoms with Crippen LogP contribution in [-0.4, -0.2) is 31.5 Å². The van der Waals surface area contributed by atoms with Crippen molar-refractivity contribution in [3.8, 4) is 0 Å². The van der Waals surface area contributed by atoms with Gasteiger partial charge in [-0.3, -0.25) is 14.9 Å². The molecule has 1 aromatic carbocycles. The number of rotatable bonds is 7. The second kappa shape index (κ2) is 9.50. The zero-order valence-electron chi connectivity index (χ0n) is 18.7. The van der Waals surface area contributed by atoms with Crippen LogP contribution in [0.15, 0.2) is 28.8 Å². The lowest BCUT2D eigenvalue weighted by Crippen LogP contribution is -2.45. The summed E-state index contributed by atoms with van der Waals surface area (Å²) >= 11 is 0. The number of nitrogens with zero attached hydrogens (tertiary/aromatic N) is 4. The number of para-hydroxylation sites is 2. The van der Waals surface area contributed by atoms with Crippen molar-refractivity contribution in [3.63, 3.8) is 0 Å². The number of hydrogen-bond acceptors (Lipinski definition) is 6. The van der Waals surface area contributed by atoms with Gasteiger partial charge in [-0.1, -0.05) is 43.0 Å². The molecule has 1 aliphatic carbocycles. The van der Waals surface area contributed by atoms with Crippen LogP contribution in [-0.2, 0) is 28.1 Å². The third-order valence-corrected chi connectivity index (χ3v) is 6.06. The van der Waals surface area contributed by atoms with E-state index in [0.29, 0.717) is 30.6 Å². The zero-order valence-corrected chi connectivity index (χ0v) is 18.7. The van der Waals surface area contributed by atoms with E-state index in [1.807, 2.05) is 35.8 Å². The minimum absolute atomic E-state index is 0.101. The Kier molecular flexibility index (Phi) is 6.53. The molecule has 170 valence electrons. The molecule has 0 saturated heterocycles. The topological polar surface area (TPSA) is 115 Å². The van der Waals surface area contributed by atoms with Gasteiger partial charge in [0.1, 0.15) is 5.54 Å². The summed E-state index contributed by atoms with van der Waals surface area (Å²) in [5.41, 5.74) is 1.24. The molecule has 0 radical (unpaired) electrons. The van der Waals surface area contributed by atoms with Gasteiger partial charge in [-0.2, -0.15) is 4.98 Å². The number of aryl methyl sites for hydroxylation is 2. The van der Waals surface area contributed by atoms with Gasteiger partial charge >= 0.3 is 0 Å². The van der Waals surface area contributed by atoms with Gasteiger partial charge in [0, 0.05) is 26.3 Å². The number of nitrogens with one attached hydrogen (secondary N) is 2. The standard InChI is InChI=1S/C23H30N6O3/c1-3-29-18-11-7-6-10-17(18)24-22(29)25-19(31)12-13-20-26-21(28-32-20)23(27-16(2)30)14-8-4-5-9-15-23/h6-7,10-11H,3-5,8-9,12-15H2,1-2H3,(H,27,30)(H,24,25,31). The Morgan fingerprint density at radius 1 is 1.12 bits per heavy atom. The summed E-state index contributed by atoms with van der Waals surface area (Å²) in [5.74, 6) is 1.18. The third-order valence-electron chi connectivity index (χ3n) is 6.06. The van der Waals surface area contributed by atoms with Gasteiger partial charge in [-0.05, 0) is 31.9 Å². The van der Waals surface area contributed by atoms with Crippen molar-refractivity contribution in [1.82, 2.24) is 25.0 Å². The fourth-order valence-electron chi connectivity index (χ4n) is 4.52. The first-order valence-corrected chi connectivity index (χ1v) is 11.4. The van der Waals surface area contributed by atoms with Crippen molar-refractivity contribution in [2.45, 2.75) is 77.3 Å². The minimum atomic E-state index is -0.585. The lowest BCUT2D eigenvalue weighted by atomic mass is 9.89. The predicted octanol–water partition coefficient (Wildman–Crippen LogP) is 3.70. The van der Waals surface area contributed by atoms with E-state index >= 15 is 0 Å². The number of aromatic nitrogens is 4. The monoisotopic (exact) mass is 438 g/mol. The first-order chi connectivity index (χ1) is 15.5. The van der Waals surface area contributed by atoms with Crippen LogP contribution >= 0.6 is 0 Å². The van der Waals surface area contributed by atoms with Crippen LogP contribution < -0.4 is 10.6 Å². The van der Waals surface area contributed by atoms with E-state index in [-0.39, 0.29) is 18.2 Å². The molecule has 1 fully saturated rings. The second-order valence-corrected chi connectivity index (χ2v) is 8.41. The Labute approximate surface area is 187 Å². The summed E-state index contributed by atoms with van der Waals surface area (Å²) < 4.78 is 7.42. The summed E-state index contributed by atoms with van der Waals surface area (Å²) in [6, 6.07) is 7.79.